The van der Waals surface area contributed by atoms with E-state index in [-0.39, 0.29) is 18.5 Å². The Bertz CT molecular complexity index is 960. The van der Waals surface area contributed by atoms with Gasteiger partial charge in [0.15, 0.2) is 0 Å². The summed E-state index contributed by atoms with van der Waals surface area (Å²) in [5.74, 6) is -0.412. The van der Waals surface area contributed by atoms with Crippen LogP contribution in [0.1, 0.15) is 24.0 Å². The van der Waals surface area contributed by atoms with E-state index >= 15 is 0 Å². The van der Waals surface area contributed by atoms with Gasteiger partial charge in [0.1, 0.15) is 0 Å². The van der Waals surface area contributed by atoms with Crippen LogP contribution in [0.5, 0.6) is 0 Å². The molecule has 0 aromatic heterocycles. The first-order valence-electron chi connectivity index (χ1n) is 8.63. The molecule has 1 fully saturated rings. The second kappa shape index (κ2) is 7.51. The normalized spacial score (nSPS) is 15.1. The molecule has 2 aromatic carbocycles. The molecule has 0 aliphatic heterocycles. The number of hydrogen-bond acceptors (Lipinski definition) is 4. The summed E-state index contributed by atoms with van der Waals surface area (Å²) in [5.41, 5.74) is 1.97. The van der Waals surface area contributed by atoms with Crippen molar-refractivity contribution in [2.75, 3.05) is 18.1 Å². The van der Waals surface area contributed by atoms with Crippen LogP contribution in [0.25, 0.3) is 0 Å². The molecular weight excluding hydrogens is 362 g/mol. The Morgan fingerprint density at radius 2 is 1.78 bits per heavy atom. The smallest absolute Gasteiger partial charge is 0.239 e. The number of nitrogens with zero attached hydrogens (tertiary/aromatic N) is 2. The Morgan fingerprint density at radius 1 is 1.15 bits per heavy atom. The highest BCUT2D eigenvalue weighted by Gasteiger charge is 2.44. The summed E-state index contributed by atoms with van der Waals surface area (Å²) in [6.07, 6.45) is 2.81. The van der Waals surface area contributed by atoms with E-state index in [1.165, 1.54) is 0 Å². The van der Waals surface area contributed by atoms with E-state index in [1.807, 2.05) is 42.5 Å². The number of amides is 1. The van der Waals surface area contributed by atoms with Crippen LogP contribution in [0.15, 0.2) is 54.6 Å². The number of anilines is 1. The second-order valence-electron chi connectivity index (χ2n) is 6.84. The summed E-state index contributed by atoms with van der Waals surface area (Å²) >= 11 is 0. The van der Waals surface area contributed by atoms with Crippen molar-refractivity contribution in [2.45, 2.75) is 24.8 Å². The van der Waals surface area contributed by atoms with Crippen LogP contribution in [0.4, 0.5) is 5.69 Å². The predicted octanol–water partition coefficient (Wildman–Crippen LogP) is 2.64. The van der Waals surface area contributed by atoms with Gasteiger partial charge in [0.05, 0.1) is 24.3 Å². The molecule has 0 radical (unpaired) electrons. The van der Waals surface area contributed by atoms with Crippen molar-refractivity contribution in [3.63, 3.8) is 0 Å². The van der Waals surface area contributed by atoms with Crippen molar-refractivity contribution in [2.24, 2.45) is 0 Å². The number of nitriles is 1. The minimum absolute atomic E-state index is 0.136. The van der Waals surface area contributed by atoms with Gasteiger partial charge in [-0.2, -0.15) is 9.57 Å². The Hall–Kier alpha value is -2.69. The van der Waals surface area contributed by atoms with E-state index in [0.717, 1.165) is 34.5 Å². The van der Waals surface area contributed by atoms with Gasteiger partial charge >= 0.3 is 0 Å². The van der Waals surface area contributed by atoms with Crippen molar-refractivity contribution in [3.05, 3.63) is 65.7 Å². The van der Waals surface area contributed by atoms with Gasteiger partial charge in [0.25, 0.3) is 0 Å². The quantitative estimate of drug-likeness (QED) is 0.796. The first-order valence-corrected chi connectivity index (χ1v) is 10.5. The van der Waals surface area contributed by atoms with Gasteiger partial charge in [-0.1, -0.05) is 42.5 Å². The lowest BCUT2D eigenvalue weighted by atomic mass is 9.98. The van der Waals surface area contributed by atoms with Gasteiger partial charge in [0, 0.05) is 12.2 Å². The fourth-order valence-electron chi connectivity index (χ4n) is 2.90. The van der Waals surface area contributed by atoms with Crippen molar-refractivity contribution in [1.29, 1.82) is 5.26 Å². The molecule has 0 heterocycles. The van der Waals surface area contributed by atoms with E-state index < -0.39 is 15.9 Å². The molecule has 0 saturated heterocycles. The highest BCUT2D eigenvalue weighted by atomic mass is 32.2. The molecule has 0 bridgehead atoms. The van der Waals surface area contributed by atoms with Crippen molar-refractivity contribution < 1.29 is 13.2 Å². The number of nitrogens with one attached hydrogen (secondary N) is 1. The molecule has 7 heteroatoms. The Balaban J connectivity index is 1.65. The SMILES string of the molecule is CS(=O)(=O)N(CC(=O)Nc1ccc(C2(C#N)CC2)cc1)Cc1ccccc1. The van der Waals surface area contributed by atoms with Gasteiger partial charge in [0.2, 0.25) is 15.9 Å². The zero-order valence-corrected chi connectivity index (χ0v) is 15.9. The molecule has 0 unspecified atom stereocenters. The summed E-state index contributed by atoms with van der Waals surface area (Å²) in [4.78, 5) is 12.3. The minimum atomic E-state index is -3.54. The average molecular weight is 383 g/mol. The maximum absolute atomic E-state index is 12.3. The molecule has 1 saturated carbocycles. The van der Waals surface area contributed by atoms with Crippen LogP contribution < -0.4 is 5.32 Å². The van der Waals surface area contributed by atoms with Crippen LogP contribution in [0, 0.1) is 11.3 Å². The van der Waals surface area contributed by atoms with E-state index in [4.69, 9.17) is 0 Å². The zero-order chi connectivity index (χ0) is 19.5. The first kappa shape index (κ1) is 19.1. The fraction of sp³-hybridized carbons (Fsp3) is 0.300. The molecule has 0 spiro atoms. The van der Waals surface area contributed by atoms with Gasteiger partial charge < -0.3 is 5.32 Å². The third-order valence-corrected chi connectivity index (χ3v) is 5.87. The lowest BCUT2D eigenvalue weighted by Crippen LogP contribution is -2.36. The van der Waals surface area contributed by atoms with Crippen LogP contribution in [-0.2, 0) is 26.8 Å². The molecule has 6 nitrogen and oxygen atoms in total. The topological polar surface area (TPSA) is 90.3 Å². The molecular formula is C20H21N3O3S. The summed E-state index contributed by atoms with van der Waals surface area (Å²) < 4.78 is 25.2. The highest BCUT2D eigenvalue weighted by molar-refractivity contribution is 7.88. The van der Waals surface area contributed by atoms with Crippen LogP contribution in [0.2, 0.25) is 0 Å². The van der Waals surface area contributed by atoms with Crippen molar-refractivity contribution >= 4 is 21.6 Å². The van der Waals surface area contributed by atoms with Gasteiger partial charge in [-0.05, 0) is 36.1 Å². The standard InChI is InChI=1S/C20H21N3O3S/c1-27(25,26)23(13-16-5-3-2-4-6-16)14-19(24)22-18-9-7-17(8-10-18)20(15-21)11-12-20/h2-10H,11-14H2,1H3,(H,22,24). The number of hydrogen-bond donors (Lipinski definition) is 1. The molecule has 2 aromatic rings. The van der Waals surface area contributed by atoms with Crippen LogP contribution >= 0.6 is 0 Å². The molecule has 3 rings (SSSR count). The number of sulfonamides is 1. The third-order valence-electron chi connectivity index (χ3n) is 4.68. The molecule has 1 aliphatic carbocycles. The van der Waals surface area contributed by atoms with Crippen molar-refractivity contribution in [1.82, 2.24) is 4.31 Å². The van der Waals surface area contributed by atoms with Gasteiger partial charge in [-0.25, -0.2) is 8.42 Å². The summed E-state index contributed by atoms with van der Waals surface area (Å²) in [6.45, 7) is -0.131. The lowest BCUT2D eigenvalue weighted by Gasteiger charge is -2.19. The predicted molar refractivity (Wildman–Crippen MR) is 103 cm³/mol. The maximum atomic E-state index is 12.3. The average Bonchev–Trinajstić information content (AvgIpc) is 3.43. The van der Waals surface area contributed by atoms with Crippen molar-refractivity contribution in [3.8, 4) is 6.07 Å². The number of rotatable bonds is 7. The monoisotopic (exact) mass is 383 g/mol. The molecule has 140 valence electrons. The Kier molecular flexibility index (Phi) is 5.31. The van der Waals surface area contributed by atoms with E-state index in [0.29, 0.717) is 5.69 Å². The third kappa shape index (κ3) is 4.73. The molecule has 0 atom stereocenters. The second-order valence-corrected chi connectivity index (χ2v) is 8.82. The van der Waals surface area contributed by atoms with Crippen LogP contribution in [0.3, 0.4) is 0 Å². The zero-order valence-electron chi connectivity index (χ0n) is 15.1. The summed E-state index contributed by atoms with van der Waals surface area (Å²) in [6, 6.07) is 18.6. The number of benzene rings is 2. The van der Waals surface area contributed by atoms with E-state index in [1.54, 1.807) is 12.1 Å². The summed E-state index contributed by atoms with van der Waals surface area (Å²) in [5, 5.41) is 12.0. The highest BCUT2D eigenvalue weighted by Crippen LogP contribution is 2.47. The van der Waals surface area contributed by atoms with Gasteiger partial charge in [-0.3, -0.25) is 4.79 Å². The maximum Gasteiger partial charge on any atom is 0.239 e. The lowest BCUT2D eigenvalue weighted by molar-refractivity contribution is -0.116. The number of carbonyl (C=O) groups excluding carboxylic acids is 1. The van der Waals surface area contributed by atoms with E-state index in [2.05, 4.69) is 11.4 Å². The Morgan fingerprint density at radius 3 is 2.30 bits per heavy atom. The molecule has 1 amide bonds. The Labute approximate surface area is 159 Å². The van der Waals surface area contributed by atoms with E-state index in [9.17, 15) is 18.5 Å². The largest absolute Gasteiger partial charge is 0.325 e. The van der Waals surface area contributed by atoms with Gasteiger partial charge in [-0.15, -0.1) is 0 Å². The molecule has 27 heavy (non-hydrogen) atoms. The molecule has 1 N–H and O–H groups in total. The minimum Gasteiger partial charge on any atom is -0.325 e. The summed E-state index contributed by atoms with van der Waals surface area (Å²) in [7, 11) is -3.54. The van der Waals surface area contributed by atoms with Crippen LogP contribution in [-0.4, -0.2) is 31.4 Å². The first-order chi connectivity index (χ1) is 12.8. The number of carbonyl (C=O) groups is 1. The fourth-order valence-corrected chi connectivity index (χ4v) is 3.64. The molecule has 1 aliphatic rings.